The second-order valence-electron chi connectivity index (χ2n) is 8.83. The van der Waals surface area contributed by atoms with Crippen molar-refractivity contribution in [1.82, 2.24) is 15.0 Å². The molecule has 0 spiro atoms. The van der Waals surface area contributed by atoms with Gasteiger partial charge in [0, 0.05) is 30.5 Å². The second kappa shape index (κ2) is 7.78. The highest BCUT2D eigenvalue weighted by Gasteiger charge is 2.36. The first-order chi connectivity index (χ1) is 16.1. The number of amides is 2. The number of fused-ring (bicyclic) bond motifs is 3. The van der Waals surface area contributed by atoms with Crippen LogP contribution in [0.4, 0.5) is 4.39 Å². The molecule has 0 atom stereocenters. The van der Waals surface area contributed by atoms with Crippen LogP contribution in [0.15, 0.2) is 59.1 Å². The Kier molecular flexibility index (Phi) is 4.73. The van der Waals surface area contributed by atoms with Crippen LogP contribution in [0.25, 0.3) is 21.7 Å². The summed E-state index contributed by atoms with van der Waals surface area (Å²) in [6.07, 6.45) is 1.79. The molecule has 0 unspecified atom stereocenters. The number of hydrogen-bond acceptors (Lipinski definition) is 5. The van der Waals surface area contributed by atoms with Crippen molar-refractivity contribution in [3.8, 4) is 0 Å². The van der Waals surface area contributed by atoms with E-state index in [-0.39, 0.29) is 23.5 Å². The lowest BCUT2D eigenvalue weighted by atomic mass is 9.91. The van der Waals surface area contributed by atoms with E-state index in [9.17, 15) is 14.0 Å². The predicted molar refractivity (Wildman–Crippen MR) is 122 cm³/mol. The Balaban J connectivity index is 1.10. The van der Waals surface area contributed by atoms with Crippen LogP contribution in [0, 0.1) is 5.82 Å². The topological polar surface area (TPSA) is 66.7 Å². The summed E-state index contributed by atoms with van der Waals surface area (Å²) in [7, 11) is 0. The second-order valence-corrected chi connectivity index (χ2v) is 8.83. The average molecular weight is 443 g/mol. The average Bonchev–Trinajstić information content (AvgIpc) is 3.35. The van der Waals surface area contributed by atoms with Gasteiger partial charge in [0.2, 0.25) is 0 Å². The summed E-state index contributed by atoms with van der Waals surface area (Å²) in [6.45, 7) is 2.70. The highest BCUT2D eigenvalue weighted by molar-refractivity contribution is 6.23. The molecule has 2 aliphatic rings. The van der Waals surface area contributed by atoms with Crippen LogP contribution in [0.5, 0.6) is 0 Å². The summed E-state index contributed by atoms with van der Waals surface area (Å²) < 4.78 is 18.7. The van der Waals surface area contributed by atoms with Crippen molar-refractivity contribution in [2.24, 2.45) is 0 Å². The Morgan fingerprint density at radius 2 is 1.58 bits per heavy atom. The zero-order valence-corrected chi connectivity index (χ0v) is 18.0. The molecule has 3 heterocycles. The van der Waals surface area contributed by atoms with Gasteiger partial charge in [0.1, 0.15) is 5.82 Å². The van der Waals surface area contributed by atoms with E-state index < -0.39 is 0 Å². The molecule has 0 saturated carbocycles. The van der Waals surface area contributed by atoms with Gasteiger partial charge in [0.05, 0.1) is 16.8 Å². The molecular weight excluding hydrogens is 421 g/mol. The molecular formula is C26H22FN3O3. The van der Waals surface area contributed by atoms with Crippen LogP contribution in [0.2, 0.25) is 0 Å². The third-order valence-corrected chi connectivity index (χ3v) is 6.91. The number of aromatic nitrogens is 1. The number of carbonyl (C=O) groups excluding carboxylic acids is 2. The fourth-order valence-corrected chi connectivity index (χ4v) is 5.08. The lowest BCUT2D eigenvalue weighted by molar-refractivity contribution is 0.0629. The van der Waals surface area contributed by atoms with Crippen molar-refractivity contribution in [2.75, 3.05) is 26.2 Å². The normalized spacial score (nSPS) is 17.4. The summed E-state index contributed by atoms with van der Waals surface area (Å²) in [5.41, 5.74) is 2.35. The van der Waals surface area contributed by atoms with Gasteiger partial charge in [-0.25, -0.2) is 4.39 Å². The Hall–Kier alpha value is -3.58. The van der Waals surface area contributed by atoms with E-state index in [4.69, 9.17) is 4.52 Å². The third-order valence-electron chi connectivity index (χ3n) is 6.91. The maximum absolute atomic E-state index is 13.4. The standard InChI is InChI=1S/C26H22FN3O3/c27-19-5-6-20-23(15-19)33-28-24(20)16-7-9-29(10-8-16)11-12-30-25(31)21-13-17-3-1-2-4-18(17)14-22(21)26(30)32/h1-6,13-16H,7-12H2. The molecule has 3 aromatic carbocycles. The van der Waals surface area contributed by atoms with Crippen molar-refractivity contribution in [2.45, 2.75) is 18.8 Å². The number of likely N-dealkylation sites (tertiary alicyclic amines) is 1. The number of hydrogen-bond donors (Lipinski definition) is 0. The van der Waals surface area contributed by atoms with Gasteiger partial charge in [-0.1, -0.05) is 29.4 Å². The van der Waals surface area contributed by atoms with Crippen molar-refractivity contribution in [3.05, 3.63) is 77.2 Å². The van der Waals surface area contributed by atoms with Crippen molar-refractivity contribution in [3.63, 3.8) is 0 Å². The minimum Gasteiger partial charge on any atom is -0.356 e. The highest BCUT2D eigenvalue weighted by Crippen LogP contribution is 2.33. The minimum atomic E-state index is -0.332. The van der Waals surface area contributed by atoms with Gasteiger partial charge < -0.3 is 9.42 Å². The molecule has 0 N–H and O–H groups in total. The molecule has 1 aromatic heterocycles. The molecule has 1 fully saturated rings. The fourth-order valence-electron chi connectivity index (χ4n) is 5.08. The molecule has 166 valence electrons. The van der Waals surface area contributed by atoms with E-state index >= 15 is 0 Å². The van der Waals surface area contributed by atoms with Gasteiger partial charge in [-0.05, 0) is 61.0 Å². The van der Waals surface area contributed by atoms with Crippen LogP contribution < -0.4 is 0 Å². The fraction of sp³-hybridized carbons (Fsp3) is 0.269. The zero-order chi connectivity index (χ0) is 22.5. The van der Waals surface area contributed by atoms with Crippen LogP contribution in [0.1, 0.15) is 45.2 Å². The quantitative estimate of drug-likeness (QED) is 0.432. The highest BCUT2D eigenvalue weighted by atomic mass is 19.1. The summed E-state index contributed by atoms with van der Waals surface area (Å²) in [5, 5.41) is 7.00. The molecule has 0 radical (unpaired) electrons. The lowest BCUT2D eigenvalue weighted by Gasteiger charge is -2.32. The first-order valence-corrected chi connectivity index (χ1v) is 11.2. The Morgan fingerprint density at radius 3 is 2.24 bits per heavy atom. The van der Waals surface area contributed by atoms with Gasteiger partial charge in [-0.15, -0.1) is 0 Å². The molecule has 4 aromatic rings. The molecule has 6 rings (SSSR count). The summed E-state index contributed by atoms with van der Waals surface area (Å²) in [6, 6.07) is 15.9. The van der Waals surface area contributed by atoms with Gasteiger partial charge in [-0.2, -0.15) is 0 Å². The van der Waals surface area contributed by atoms with Gasteiger partial charge in [0.25, 0.3) is 11.8 Å². The maximum Gasteiger partial charge on any atom is 0.261 e. The number of rotatable bonds is 4. The van der Waals surface area contributed by atoms with E-state index in [1.807, 2.05) is 36.4 Å². The zero-order valence-electron chi connectivity index (χ0n) is 18.0. The van der Waals surface area contributed by atoms with Crippen LogP contribution in [-0.2, 0) is 0 Å². The Bertz CT molecular complexity index is 1350. The Labute approximate surface area is 189 Å². The van der Waals surface area contributed by atoms with E-state index in [1.54, 1.807) is 6.07 Å². The molecule has 2 amide bonds. The van der Waals surface area contributed by atoms with Crippen LogP contribution >= 0.6 is 0 Å². The van der Waals surface area contributed by atoms with Crippen molar-refractivity contribution >= 4 is 33.6 Å². The monoisotopic (exact) mass is 443 g/mol. The number of benzene rings is 3. The van der Waals surface area contributed by atoms with E-state index in [0.717, 1.165) is 47.8 Å². The Morgan fingerprint density at radius 1 is 0.909 bits per heavy atom. The minimum absolute atomic E-state index is 0.211. The summed E-state index contributed by atoms with van der Waals surface area (Å²) in [4.78, 5) is 29.5. The van der Waals surface area contributed by atoms with E-state index in [1.165, 1.54) is 17.0 Å². The number of imide groups is 1. The first-order valence-electron chi connectivity index (χ1n) is 11.2. The summed E-state index contributed by atoms with van der Waals surface area (Å²) in [5.74, 6) is -0.505. The molecule has 1 saturated heterocycles. The van der Waals surface area contributed by atoms with Gasteiger partial charge >= 0.3 is 0 Å². The SMILES string of the molecule is O=C1c2cc3ccccc3cc2C(=O)N1CCN1CCC(c2noc3cc(F)ccc23)CC1. The van der Waals surface area contributed by atoms with E-state index in [0.29, 0.717) is 29.8 Å². The van der Waals surface area contributed by atoms with Crippen molar-refractivity contribution < 1.29 is 18.5 Å². The van der Waals surface area contributed by atoms with E-state index in [2.05, 4.69) is 10.1 Å². The number of piperidine rings is 1. The molecule has 33 heavy (non-hydrogen) atoms. The lowest BCUT2D eigenvalue weighted by Crippen LogP contribution is -2.41. The molecule has 7 heteroatoms. The van der Waals surface area contributed by atoms with Gasteiger partial charge in [-0.3, -0.25) is 14.5 Å². The molecule has 0 aliphatic carbocycles. The van der Waals surface area contributed by atoms with Crippen LogP contribution in [0.3, 0.4) is 0 Å². The molecule has 6 nitrogen and oxygen atoms in total. The largest absolute Gasteiger partial charge is 0.356 e. The first kappa shape index (κ1) is 20.1. The third kappa shape index (κ3) is 3.40. The summed E-state index contributed by atoms with van der Waals surface area (Å²) >= 11 is 0. The van der Waals surface area contributed by atoms with Crippen molar-refractivity contribution in [1.29, 1.82) is 0 Å². The number of halogens is 1. The maximum atomic E-state index is 13.4. The number of carbonyl (C=O) groups is 2. The smallest absolute Gasteiger partial charge is 0.261 e. The van der Waals surface area contributed by atoms with Crippen LogP contribution in [-0.4, -0.2) is 52.9 Å². The predicted octanol–water partition coefficient (Wildman–Crippen LogP) is 4.60. The van der Waals surface area contributed by atoms with Gasteiger partial charge in [0.15, 0.2) is 5.58 Å². The number of nitrogens with zero attached hydrogens (tertiary/aromatic N) is 3. The molecule has 2 aliphatic heterocycles. The molecule has 0 bridgehead atoms.